The summed E-state index contributed by atoms with van der Waals surface area (Å²) in [5.41, 5.74) is 0.943. The topological polar surface area (TPSA) is 80.8 Å². The van der Waals surface area contributed by atoms with Crippen LogP contribution in [0.1, 0.15) is 54.2 Å². The normalized spacial score (nSPS) is 14.5. The number of carbonyl (C=O) groups is 2. The molecule has 1 aromatic heterocycles. The van der Waals surface area contributed by atoms with Crippen LogP contribution in [0.3, 0.4) is 0 Å². The first-order valence-electron chi connectivity index (χ1n) is 12.0. The zero-order valence-electron chi connectivity index (χ0n) is 20.4. The van der Waals surface area contributed by atoms with Crippen LogP contribution in [0.5, 0.6) is 11.5 Å². The van der Waals surface area contributed by atoms with Crippen molar-refractivity contribution in [3.63, 3.8) is 0 Å². The number of nitrogens with zero attached hydrogens (tertiary/aromatic N) is 2. The number of aromatic nitrogens is 1. The molecule has 8 heteroatoms. The average Bonchev–Trinajstić information content (AvgIpc) is 2.92. The number of methoxy groups -OCH3 is 2. The van der Waals surface area contributed by atoms with Crippen LogP contribution in [0.25, 0.3) is 0 Å². The SMILES string of the molecule is COc1ccc(OC)c(C(C(=O)NC2CCCCC2)N(C(=O)c2ccccn2)c2ccc(F)cc2)c1. The summed E-state index contributed by atoms with van der Waals surface area (Å²) in [5.74, 6) is -0.393. The Labute approximate surface area is 210 Å². The molecule has 0 bridgehead atoms. The van der Waals surface area contributed by atoms with Gasteiger partial charge in [-0.2, -0.15) is 0 Å². The molecule has 1 fully saturated rings. The second-order valence-corrected chi connectivity index (χ2v) is 8.72. The van der Waals surface area contributed by atoms with Crippen molar-refractivity contribution >= 4 is 17.5 Å². The van der Waals surface area contributed by atoms with E-state index in [1.165, 1.54) is 49.6 Å². The van der Waals surface area contributed by atoms with Gasteiger partial charge in [-0.15, -0.1) is 0 Å². The standard InChI is InChI=1S/C28H30FN3O4/c1-35-22-15-16-25(36-2)23(18-22)26(27(33)31-20-8-4-3-5-9-20)32(21-13-11-19(29)12-14-21)28(34)24-10-6-7-17-30-24/h6-7,10-18,20,26H,3-5,8-9H2,1-2H3,(H,31,33). The van der Waals surface area contributed by atoms with Crippen molar-refractivity contribution in [3.8, 4) is 11.5 Å². The monoisotopic (exact) mass is 491 g/mol. The number of benzene rings is 2. The maximum absolute atomic E-state index is 14.0. The van der Waals surface area contributed by atoms with Crippen molar-refractivity contribution in [1.82, 2.24) is 10.3 Å². The van der Waals surface area contributed by atoms with E-state index in [-0.39, 0.29) is 17.6 Å². The summed E-state index contributed by atoms with van der Waals surface area (Å²) in [5, 5.41) is 3.15. The molecule has 0 radical (unpaired) electrons. The van der Waals surface area contributed by atoms with Gasteiger partial charge in [-0.25, -0.2) is 4.39 Å². The maximum atomic E-state index is 14.0. The number of hydrogen-bond donors (Lipinski definition) is 1. The fourth-order valence-corrected chi connectivity index (χ4v) is 4.58. The van der Waals surface area contributed by atoms with E-state index in [9.17, 15) is 14.0 Å². The van der Waals surface area contributed by atoms with Crippen LogP contribution in [0.4, 0.5) is 10.1 Å². The number of rotatable bonds is 8. The van der Waals surface area contributed by atoms with Gasteiger partial charge in [0.15, 0.2) is 0 Å². The van der Waals surface area contributed by atoms with Gasteiger partial charge in [0, 0.05) is 23.5 Å². The third-order valence-corrected chi connectivity index (χ3v) is 6.40. The Balaban J connectivity index is 1.87. The number of anilines is 1. The highest BCUT2D eigenvalue weighted by Crippen LogP contribution is 2.37. The molecule has 7 nitrogen and oxygen atoms in total. The van der Waals surface area contributed by atoms with Crippen LogP contribution in [0.2, 0.25) is 0 Å². The molecule has 1 aliphatic carbocycles. The summed E-state index contributed by atoms with van der Waals surface area (Å²) < 4.78 is 24.9. The minimum atomic E-state index is -1.13. The third kappa shape index (κ3) is 5.64. The average molecular weight is 492 g/mol. The van der Waals surface area contributed by atoms with Gasteiger partial charge in [0.25, 0.3) is 5.91 Å². The summed E-state index contributed by atoms with van der Waals surface area (Å²) in [6, 6.07) is 14.4. The number of amides is 2. The molecule has 1 aliphatic rings. The van der Waals surface area contributed by atoms with E-state index in [4.69, 9.17) is 9.47 Å². The molecule has 0 spiro atoms. The first kappa shape index (κ1) is 25.2. The van der Waals surface area contributed by atoms with Crippen molar-refractivity contribution < 1.29 is 23.5 Å². The first-order chi connectivity index (χ1) is 17.5. The van der Waals surface area contributed by atoms with Crippen molar-refractivity contribution in [2.45, 2.75) is 44.2 Å². The fraction of sp³-hybridized carbons (Fsp3) is 0.321. The zero-order chi connectivity index (χ0) is 25.5. The summed E-state index contributed by atoms with van der Waals surface area (Å²) in [7, 11) is 3.03. The summed E-state index contributed by atoms with van der Waals surface area (Å²) in [4.78, 5) is 33.5. The number of ether oxygens (including phenoxy) is 2. The lowest BCUT2D eigenvalue weighted by atomic mass is 9.94. The number of halogens is 1. The fourth-order valence-electron chi connectivity index (χ4n) is 4.58. The zero-order valence-corrected chi connectivity index (χ0v) is 20.4. The highest BCUT2D eigenvalue weighted by Gasteiger charge is 2.37. The molecule has 1 atom stereocenters. The number of carbonyl (C=O) groups excluding carboxylic acids is 2. The molecule has 36 heavy (non-hydrogen) atoms. The predicted molar refractivity (Wildman–Crippen MR) is 135 cm³/mol. The Kier molecular flexibility index (Phi) is 8.15. The van der Waals surface area contributed by atoms with E-state index in [2.05, 4.69) is 10.3 Å². The largest absolute Gasteiger partial charge is 0.497 e. The van der Waals surface area contributed by atoms with E-state index in [1.807, 2.05) is 0 Å². The van der Waals surface area contributed by atoms with Crippen molar-refractivity contribution in [3.05, 3.63) is 83.9 Å². The molecule has 2 aromatic carbocycles. The lowest BCUT2D eigenvalue weighted by molar-refractivity contribution is -0.123. The van der Waals surface area contributed by atoms with Gasteiger partial charge in [0.2, 0.25) is 5.91 Å². The van der Waals surface area contributed by atoms with Crippen molar-refractivity contribution in [2.75, 3.05) is 19.1 Å². The second kappa shape index (κ2) is 11.7. The van der Waals surface area contributed by atoms with Gasteiger partial charge in [-0.05, 0) is 67.4 Å². The van der Waals surface area contributed by atoms with E-state index in [0.717, 1.165) is 32.1 Å². The number of pyridine rings is 1. The Hall–Kier alpha value is -3.94. The first-order valence-corrected chi connectivity index (χ1v) is 12.0. The lowest BCUT2D eigenvalue weighted by Gasteiger charge is -2.34. The van der Waals surface area contributed by atoms with Gasteiger partial charge < -0.3 is 14.8 Å². The van der Waals surface area contributed by atoms with Crippen LogP contribution < -0.4 is 19.7 Å². The Morgan fingerprint density at radius 2 is 1.75 bits per heavy atom. The second-order valence-electron chi connectivity index (χ2n) is 8.72. The third-order valence-electron chi connectivity index (χ3n) is 6.40. The minimum absolute atomic E-state index is 0.00497. The lowest BCUT2D eigenvalue weighted by Crippen LogP contribution is -2.47. The molecule has 1 heterocycles. The Bertz CT molecular complexity index is 1180. The van der Waals surface area contributed by atoms with Gasteiger partial charge in [0.05, 0.1) is 14.2 Å². The van der Waals surface area contributed by atoms with Gasteiger partial charge in [-0.1, -0.05) is 25.3 Å². The molecule has 1 saturated carbocycles. The molecule has 1 unspecified atom stereocenters. The Morgan fingerprint density at radius 1 is 1.00 bits per heavy atom. The van der Waals surface area contributed by atoms with Crippen molar-refractivity contribution in [2.24, 2.45) is 0 Å². The molecule has 188 valence electrons. The van der Waals surface area contributed by atoms with Gasteiger partial charge >= 0.3 is 0 Å². The molecule has 0 saturated heterocycles. The van der Waals surface area contributed by atoms with E-state index in [1.54, 1.807) is 36.4 Å². The van der Waals surface area contributed by atoms with Gasteiger partial charge in [-0.3, -0.25) is 19.5 Å². The van der Waals surface area contributed by atoms with Gasteiger partial charge in [0.1, 0.15) is 29.1 Å². The van der Waals surface area contributed by atoms with E-state index in [0.29, 0.717) is 22.7 Å². The molecule has 4 rings (SSSR count). The molecular weight excluding hydrogens is 461 g/mol. The minimum Gasteiger partial charge on any atom is -0.497 e. The van der Waals surface area contributed by atoms with E-state index >= 15 is 0 Å². The summed E-state index contributed by atoms with van der Waals surface area (Å²) in [6.07, 6.45) is 6.47. The number of nitrogens with one attached hydrogen (secondary N) is 1. The Morgan fingerprint density at radius 3 is 2.39 bits per heavy atom. The maximum Gasteiger partial charge on any atom is 0.277 e. The quantitative estimate of drug-likeness (QED) is 0.476. The van der Waals surface area contributed by atoms with Crippen LogP contribution in [-0.4, -0.2) is 37.1 Å². The van der Waals surface area contributed by atoms with Crippen LogP contribution in [-0.2, 0) is 4.79 Å². The number of hydrogen-bond acceptors (Lipinski definition) is 5. The highest BCUT2D eigenvalue weighted by atomic mass is 19.1. The summed E-state index contributed by atoms with van der Waals surface area (Å²) in [6.45, 7) is 0. The summed E-state index contributed by atoms with van der Waals surface area (Å²) >= 11 is 0. The van der Waals surface area contributed by atoms with Crippen LogP contribution >= 0.6 is 0 Å². The smallest absolute Gasteiger partial charge is 0.277 e. The molecule has 2 amide bonds. The van der Waals surface area contributed by atoms with Crippen LogP contribution in [0.15, 0.2) is 66.9 Å². The highest BCUT2D eigenvalue weighted by molar-refractivity contribution is 6.09. The molecular formula is C28H30FN3O4. The van der Waals surface area contributed by atoms with Crippen LogP contribution in [0, 0.1) is 5.82 Å². The molecule has 3 aromatic rings. The molecule has 0 aliphatic heterocycles. The van der Waals surface area contributed by atoms with Crippen molar-refractivity contribution in [1.29, 1.82) is 0 Å². The molecule has 1 N–H and O–H groups in total. The predicted octanol–water partition coefficient (Wildman–Crippen LogP) is 5.07. The van der Waals surface area contributed by atoms with E-state index < -0.39 is 17.8 Å².